The quantitative estimate of drug-likeness (QED) is 0.427. The number of carbonyl (C=O) groups excluding carboxylic acids is 2. The zero-order valence-corrected chi connectivity index (χ0v) is 12.6. The van der Waals surface area contributed by atoms with E-state index in [0.717, 1.165) is 25.7 Å². The van der Waals surface area contributed by atoms with E-state index in [0.29, 0.717) is 38.4 Å². The summed E-state index contributed by atoms with van der Waals surface area (Å²) in [5.41, 5.74) is 0. The fraction of sp³-hybridized carbons (Fsp3) is 0.867. The lowest BCUT2D eigenvalue weighted by molar-refractivity contribution is -0.145. The molecule has 0 atom stereocenters. The molecule has 112 valence electrons. The van der Waals surface area contributed by atoms with Crippen LogP contribution in [0.4, 0.5) is 0 Å². The van der Waals surface area contributed by atoms with Gasteiger partial charge < -0.3 is 9.47 Å². The van der Waals surface area contributed by atoms with Crippen molar-refractivity contribution >= 4 is 11.9 Å². The first kappa shape index (κ1) is 17.9. The molecule has 0 amide bonds. The second-order valence-corrected chi connectivity index (χ2v) is 5.18. The summed E-state index contributed by atoms with van der Waals surface area (Å²) in [5.74, 6) is 0.0939. The molecule has 0 aromatic heterocycles. The van der Waals surface area contributed by atoms with Crippen LogP contribution in [0.15, 0.2) is 0 Å². The van der Waals surface area contributed by atoms with Gasteiger partial charge in [-0.3, -0.25) is 9.59 Å². The van der Waals surface area contributed by atoms with E-state index in [-0.39, 0.29) is 11.9 Å². The minimum atomic E-state index is -0.223. The van der Waals surface area contributed by atoms with E-state index in [1.54, 1.807) is 0 Å². The molecule has 0 aliphatic rings. The maximum absolute atomic E-state index is 11.3. The lowest BCUT2D eigenvalue weighted by Crippen LogP contribution is -2.10. The average molecular weight is 272 g/mol. The van der Waals surface area contributed by atoms with Gasteiger partial charge in [0.05, 0.1) is 13.2 Å². The highest BCUT2D eigenvalue weighted by molar-refractivity contribution is 5.72. The lowest BCUT2D eigenvalue weighted by atomic mass is 10.1. The largest absolute Gasteiger partial charge is 0.466 e. The molecule has 0 bridgehead atoms. The molecule has 0 radical (unpaired) electrons. The number of hydrogen-bond donors (Lipinski definition) is 0. The van der Waals surface area contributed by atoms with Gasteiger partial charge in [-0.15, -0.1) is 0 Å². The zero-order chi connectivity index (χ0) is 14.5. The van der Waals surface area contributed by atoms with Gasteiger partial charge in [0.25, 0.3) is 0 Å². The molecule has 0 fully saturated rings. The third kappa shape index (κ3) is 13.2. The molecule has 0 heterocycles. The highest BCUT2D eigenvalue weighted by Crippen LogP contribution is 2.04. The van der Waals surface area contributed by atoms with E-state index < -0.39 is 0 Å². The van der Waals surface area contributed by atoms with Crippen LogP contribution in [0.25, 0.3) is 0 Å². The zero-order valence-electron chi connectivity index (χ0n) is 12.6. The Bertz CT molecular complexity index is 249. The number of carbonyl (C=O) groups is 2. The maximum Gasteiger partial charge on any atom is 0.305 e. The molecule has 0 rings (SSSR count). The predicted molar refractivity (Wildman–Crippen MR) is 74.7 cm³/mol. The van der Waals surface area contributed by atoms with Gasteiger partial charge in [-0.2, -0.15) is 0 Å². The molecule has 0 saturated carbocycles. The highest BCUT2D eigenvalue weighted by Gasteiger charge is 2.07. The molecule has 0 aliphatic carbocycles. The molecule has 0 saturated heterocycles. The lowest BCUT2D eigenvalue weighted by Gasteiger charge is -2.07. The summed E-state index contributed by atoms with van der Waals surface area (Å²) in [4.78, 5) is 22.6. The van der Waals surface area contributed by atoms with Crippen molar-refractivity contribution in [1.29, 1.82) is 0 Å². The topological polar surface area (TPSA) is 52.6 Å². The molecule has 0 aromatic rings. The van der Waals surface area contributed by atoms with Crippen LogP contribution in [0.3, 0.4) is 0 Å². The number of hydrogen-bond acceptors (Lipinski definition) is 4. The number of ether oxygens (including phenoxy) is 2. The van der Waals surface area contributed by atoms with Crippen LogP contribution in [0.2, 0.25) is 0 Å². The molecule has 0 N–H and O–H groups in total. The summed E-state index contributed by atoms with van der Waals surface area (Å²) in [5, 5.41) is 0. The fourth-order valence-corrected chi connectivity index (χ4v) is 1.47. The summed E-state index contributed by atoms with van der Waals surface area (Å²) in [6, 6.07) is 0. The molecule has 4 nitrogen and oxygen atoms in total. The third-order valence-corrected chi connectivity index (χ3v) is 2.73. The summed E-state index contributed by atoms with van der Waals surface area (Å²) in [6.45, 7) is 7.24. The van der Waals surface area contributed by atoms with Crippen molar-refractivity contribution in [3.05, 3.63) is 0 Å². The average Bonchev–Trinajstić information content (AvgIpc) is 2.34. The van der Waals surface area contributed by atoms with Gasteiger partial charge in [0.15, 0.2) is 0 Å². The van der Waals surface area contributed by atoms with Gasteiger partial charge in [0.1, 0.15) is 0 Å². The molecular weight excluding hydrogens is 244 g/mol. The standard InChI is InChI=1S/C15H28O4/c1-4-5-6-11-18-14(16)8-7-9-15(17)19-12-10-13(2)3/h13H,4-12H2,1-3H3. The van der Waals surface area contributed by atoms with Crippen molar-refractivity contribution in [1.82, 2.24) is 0 Å². The van der Waals surface area contributed by atoms with E-state index in [4.69, 9.17) is 9.47 Å². The number of esters is 2. The predicted octanol–water partition coefficient (Wildman–Crippen LogP) is 3.48. The molecule has 4 heteroatoms. The van der Waals surface area contributed by atoms with Crippen LogP contribution in [0.1, 0.15) is 65.7 Å². The van der Waals surface area contributed by atoms with Gasteiger partial charge in [0, 0.05) is 12.8 Å². The normalized spacial score (nSPS) is 10.5. The van der Waals surface area contributed by atoms with E-state index in [1.807, 2.05) is 0 Å². The van der Waals surface area contributed by atoms with Crippen molar-refractivity contribution in [2.75, 3.05) is 13.2 Å². The van der Waals surface area contributed by atoms with Gasteiger partial charge in [-0.05, 0) is 25.2 Å². The smallest absolute Gasteiger partial charge is 0.305 e. The van der Waals surface area contributed by atoms with Crippen molar-refractivity contribution in [2.24, 2.45) is 5.92 Å². The van der Waals surface area contributed by atoms with Gasteiger partial charge in [-0.1, -0.05) is 33.6 Å². The first-order valence-corrected chi connectivity index (χ1v) is 7.37. The van der Waals surface area contributed by atoms with Crippen LogP contribution in [-0.2, 0) is 19.1 Å². The van der Waals surface area contributed by atoms with E-state index >= 15 is 0 Å². The molecule has 0 aromatic carbocycles. The van der Waals surface area contributed by atoms with Crippen molar-refractivity contribution in [3.63, 3.8) is 0 Å². The van der Waals surface area contributed by atoms with Crippen molar-refractivity contribution < 1.29 is 19.1 Å². The molecular formula is C15H28O4. The summed E-state index contributed by atoms with van der Waals surface area (Å²) in [6.07, 6.45) is 5.08. The van der Waals surface area contributed by atoms with Crippen molar-refractivity contribution in [2.45, 2.75) is 65.7 Å². The van der Waals surface area contributed by atoms with Gasteiger partial charge in [-0.25, -0.2) is 0 Å². The van der Waals surface area contributed by atoms with Gasteiger partial charge >= 0.3 is 11.9 Å². The van der Waals surface area contributed by atoms with Crippen LogP contribution >= 0.6 is 0 Å². The van der Waals surface area contributed by atoms with Gasteiger partial charge in [0.2, 0.25) is 0 Å². The van der Waals surface area contributed by atoms with E-state index in [1.165, 1.54) is 0 Å². The Labute approximate surface area is 116 Å². The monoisotopic (exact) mass is 272 g/mol. The molecule has 19 heavy (non-hydrogen) atoms. The second kappa shape index (κ2) is 12.0. The molecule has 0 aliphatic heterocycles. The van der Waals surface area contributed by atoms with E-state index in [9.17, 15) is 9.59 Å². The van der Waals surface area contributed by atoms with Crippen molar-refractivity contribution in [3.8, 4) is 0 Å². The summed E-state index contributed by atoms with van der Waals surface area (Å²) >= 11 is 0. The Morgan fingerprint density at radius 2 is 1.47 bits per heavy atom. The minimum Gasteiger partial charge on any atom is -0.466 e. The fourth-order valence-electron chi connectivity index (χ4n) is 1.47. The highest BCUT2D eigenvalue weighted by atomic mass is 16.5. The maximum atomic E-state index is 11.3. The van der Waals surface area contributed by atoms with Crippen LogP contribution < -0.4 is 0 Å². The van der Waals surface area contributed by atoms with Crippen LogP contribution in [0.5, 0.6) is 0 Å². The molecule has 0 spiro atoms. The summed E-state index contributed by atoms with van der Waals surface area (Å²) < 4.78 is 10.1. The Hall–Kier alpha value is -1.06. The van der Waals surface area contributed by atoms with Crippen LogP contribution in [0, 0.1) is 5.92 Å². The number of rotatable bonds is 11. The summed E-state index contributed by atoms with van der Waals surface area (Å²) in [7, 11) is 0. The first-order chi connectivity index (χ1) is 9.06. The third-order valence-electron chi connectivity index (χ3n) is 2.73. The Kier molecular flexibility index (Phi) is 11.3. The minimum absolute atomic E-state index is 0.217. The van der Waals surface area contributed by atoms with E-state index in [2.05, 4.69) is 20.8 Å². The Morgan fingerprint density at radius 1 is 0.895 bits per heavy atom. The van der Waals surface area contributed by atoms with Crippen LogP contribution in [-0.4, -0.2) is 25.2 Å². The molecule has 0 unspecified atom stereocenters. The first-order valence-electron chi connectivity index (χ1n) is 7.37. The Balaban J connectivity index is 3.40. The Morgan fingerprint density at radius 3 is 2.00 bits per heavy atom. The number of unbranched alkanes of at least 4 members (excludes halogenated alkanes) is 2. The second-order valence-electron chi connectivity index (χ2n) is 5.18. The SMILES string of the molecule is CCCCCOC(=O)CCCC(=O)OCCC(C)C.